The third kappa shape index (κ3) is 6.52. The number of nitrogens with one attached hydrogen (secondary N) is 2. The van der Waals surface area contributed by atoms with Crippen LogP contribution in [-0.2, 0) is 4.79 Å². The summed E-state index contributed by atoms with van der Waals surface area (Å²) in [6.07, 6.45) is 1.36. The van der Waals surface area contributed by atoms with Crippen molar-refractivity contribution in [3.05, 3.63) is 86.7 Å². The summed E-state index contributed by atoms with van der Waals surface area (Å²) in [7, 11) is 1.46. The van der Waals surface area contributed by atoms with Crippen LogP contribution in [0.5, 0.6) is 11.5 Å². The van der Waals surface area contributed by atoms with E-state index in [0.717, 1.165) is 6.07 Å². The third-order valence-electron chi connectivity index (χ3n) is 4.38. The van der Waals surface area contributed by atoms with Crippen LogP contribution in [0.4, 0.5) is 10.1 Å². The number of hydrogen-bond donors (Lipinski definition) is 2. The summed E-state index contributed by atoms with van der Waals surface area (Å²) in [5, 5.41) is 15.4. The molecule has 0 unspecified atom stereocenters. The maximum atomic E-state index is 14.0. The van der Waals surface area contributed by atoms with E-state index >= 15 is 0 Å². The van der Waals surface area contributed by atoms with Crippen LogP contribution < -0.4 is 20.2 Å². The second-order valence-corrected chi connectivity index (χ2v) is 7.90. The van der Waals surface area contributed by atoms with E-state index in [9.17, 15) is 14.0 Å². The van der Waals surface area contributed by atoms with Gasteiger partial charge in [0, 0.05) is 5.69 Å². The third-order valence-corrected chi connectivity index (χ3v) is 5.18. The van der Waals surface area contributed by atoms with Gasteiger partial charge in [-0.1, -0.05) is 18.2 Å². The SMILES string of the molecule is COc1cc(/C=N\NC(=O)c2ccc(C#N)cc2F)cc(I)c1OCC(=O)Nc1ccccc1. The number of carbonyl (C=O) groups is 2. The zero-order chi connectivity index (χ0) is 24.5. The fraction of sp³-hybridized carbons (Fsp3) is 0.0833. The number of amides is 2. The average Bonchev–Trinajstić information content (AvgIpc) is 2.83. The molecule has 0 aliphatic carbocycles. The maximum absolute atomic E-state index is 14.0. The number of rotatable bonds is 8. The number of methoxy groups -OCH3 is 1. The fourth-order valence-corrected chi connectivity index (χ4v) is 3.59. The van der Waals surface area contributed by atoms with E-state index in [0.29, 0.717) is 26.3 Å². The molecule has 0 radical (unpaired) electrons. The molecule has 172 valence electrons. The Labute approximate surface area is 208 Å². The number of carbonyl (C=O) groups excluding carboxylic acids is 2. The van der Waals surface area contributed by atoms with E-state index < -0.39 is 11.7 Å². The van der Waals surface area contributed by atoms with Gasteiger partial charge in [-0.15, -0.1) is 0 Å². The molecular weight excluding hydrogens is 554 g/mol. The van der Waals surface area contributed by atoms with Crippen LogP contribution in [0.1, 0.15) is 21.5 Å². The van der Waals surface area contributed by atoms with Gasteiger partial charge in [-0.2, -0.15) is 10.4 Å². The first kappa shape index (κ1) is 24.7. The van der Waals surface area contributed by atoms with Gasteiger partial charge < -0.3 is 14.8 Å². The van der Waals surface area contributed by atoms with Gasteiger partial charge in [0.1, 0.15) is 5.82 Å². The minimum absolute atomic E-state index is 0.110. The lowest BCUT2D eigenvalue weighted by molar-refractivity contribution is -0.118. The number of halogens is 2. The van der Waals surface area contributed by atoms with Crippen LogP contribution in [0, 0.1) is 20.7 Å². The lowest BCUT2D eigenvalue weighted by atomic mass is 10.1. The van der Waals surface area contributed by atoms with Gasteiger partial charge in [0.15, 0.2) is 18.1 Å². The van der Waals surface area contributed by atoms with Gasteiger partial charge in [0.05, 0.1) is 34.1 Å². The van der Waals surface area contributed by atoms with Crippen LogP contribution in [0.2, 0.25) is 0 Å². The van der Waals surface area contributed by atoms with Gasteiger partial charge >= 0.3 is 0 Å². The van der Waals surface area contributed by atoms with Crippen molar-refractivity contribution in [3.8, 4) is 17.6 Å². The summed E-state index contributed by atoms with van der Waals surface area (Å²) in [6, 6.07) is 17.7. The lowest BCUT2D eigenvalue weighted by Gasteiger charge is -2.13. The molecule has 0 bridgehead atoms. The standard InChI is InChI=1S/C24H18FIN4O4/c1-33-21-11-16(13-28-30-24(32)18-8-7-15(12-27)9-19(18)25)10-20(26)23(21)34-14-22(31)29-17-5-3-2-4-6-17/h2-11,13H,14H2,1H3,(H,29,31)(H,30,32)/b28-13-. The van der Waals surface area contributed by atoms with Crippen molar-refractivity contribution in [2.45, 2.75) is 0 Å². The Hall–Kier alpha value is -3.98. The van der Waals surface area contributed by atoms with Crippen molar-refractivity contribution in [3.63, 3.8) is 0 Å². The molecule has 0 spiro atoms. The quantitative estimate of drug-likeness (QED) is 0.240. The lowest BCUT2D eigenvalue weighted by Crippen LogP contribution is -2.20. The largest absolute Gasteiger partial charge is 0.493 e. The number of benzene rings is 3. The number of ether oxygens (including phenoxy) is 2. The molecular formula is C24H18FIN4O4. The van der Waals surface area contributed by atoms with Crippen molar-refractivity contribution < 1.29 is 23.5 Å². The highest BCUT2D eigenvalue weighted by Gasteiger charge is 2.14. The summed E-state index contributed by atoms with van der Waals surface area (Å²) >= 11 is 2.03. The van der Waals surface area contributed by atoms with Crippen molar-refractivity contribution in [1.29, 1.82) is 5.26 Å². The topological polar surface area (TPSA) is 113 Å². The molecule has 3 aromatic rings. The number of hydrazone groups is 1. The Balaban J connectivity index is 1.64. The van der Waals surface area contributed by atoms with Crippen LogP contribution in [0.3, 0.4) is 0 Å². The first-order chi connectivity index (χ1) is 16.4. The summed E-state index contributed by atoms with van der Waals surface area (Å²) < 4.78 is 25.6. The first-order valence-electron chi connectivity index (χ1n) is 9.79. The van der Waals surface area contributed by atoms with Crippen LogP contribution >= 0.6 is 22.6 Å². The van der Waals surface area contributed by atoms with Gasteiger partial charge in [-0.05, 0) is 70.6 Å². The molecule has 0 saturated carbocycles. The number of nitriles is 1. The average molecular weight is 572 g/mol. The molecule has 0 aromatic heterocycles. The molecule has 3 aromatic carbocycles. The molecule has 10 heteroatoms. The second kappa shape index (κ2) is 11.8. The van der Waals surface area contributed by atoms with Crippen molar-refractivity contribution in [2.75, 3.05) is 19.0 Å². The molecule has 3 rings (SSSR count). The van der Waals surface area contributed by atoms with E-state index in [1.807, 2.05) is 40.8 Å². The first-order valence-corrected chi connectivity index (χ1v) is 10.9. The summed E-state index contributed by atoms with van der Waals surface area (Å²) in [5.74, 6) is -1.16. The fourth-order valence-electron chi connectivity index (χ4n) is 2.81. The summed E-state index contributed by atoms with van der Waals surface area (Å²) in [5.41, 5.74) is 3.35. The van der Waals surface area contributed by atoms with E-state index in [1.165, 1.54) is 25.5 Å². The minimum Gasteiger partial charge on any atom is -0.493 e. The molecule has 2 N–H and O–H groups in total. The van der Waals surface area contributed by atoms with Gasteiger partial charge in [0.25, 0.3) is 11.8 Å². The summed E-state index contributed by atoms with van der Waals surface area (Å²) in [6.45, 7) is -0.221. The van der Waals surface area contributed by atoms with Crippen LogP contribution in [0.15, 0.2) is 65.8 Å². The number of para-hydroxylation sites is 1. The zero-order valence-electron chi connectivity index (χ0n) is 17.8. The van der Waals surface area contributed by atoms with Crippen molar-refractivity contribution >= 4 is 46.3 Å². The van der Waals surface area contributed by atoms with E-state index in [-0.39, 0.29) is 23.6 Å². The number of hydrogen-bond acceptors (Lipinski definition) is 6. The number of anilines is 1. The van der Waals surface area contributed by atoms with Gasteiger partial charge in [0.2, 0.25) is 0 Å². The maximum Gasteiger partial charge on any atom is 0.274 e. The van der Waals surface area contributed by atoms with Gasteiger partial charge in [-0.25, -0.2) is 9.82 Å². The Morgan fingerprint density at radius 2 is 1.94 bits per heavy atom. The molecule has 0 heterocycles. The zero-order valence-corrected chi connectivity index (χ0v) is 20.0. The van der Waals surface area contributed by atoms with E-state index in [1.54, 1.807) is 30.3 Å². The van der Waals surface area contributed by atoms with Crippen molar-refractivity contribution in [1.82, 2.24) is 5.43 Å². The Bertz CT molecular complexity index is 1280. The second-order valence-electron chi connectivity index (χ2n) is 6.74. The van der Waals surface area contributed by atoms with E-state index in [4.69, 9.17) is 14.7 Å². The molecule has 0 aliphatic heterocycles. The minimum atomic E-state index is -0.819. The normalized spacial score (nSPS) is 10.4. The predicted octanol–water partition coefficient (Wildman–Crippen LogP) is 4.09. The van der Waals surface area contributed by atoms with E-state index in [2.05, 4.69) is 15.8 Å². The van der Waals surface area contributed by atoms with Crippen LogP contribution in [-0.4, -0.2) is 31.7 Å². The highest BCUT2D eigenvalue weighted by atomic mass is 127. The molecule has 0 aliphatic rings. The van der Waals surface area contributed by atoms with Crippen molar-refractivity contribution in [2.24, 2.45) is 5.10 Å². The smallest absolute Gasteiger partial charge is 0.274 e. The van der Waals surface area contributed by atoms with Gasteiger partial charge in [-0.3, -0.25) is 9.59 Å². The Morgan fingerprint density at radius 1 is 1.18 bits per heavy atom. The molecule has 0 saturated heterocycles. The highest BCUT2D eigenvalue weighted by molar-refractivity contribution is 14.1. The Kier molecular flexibility index (Phi) is 8.53. The molecule has 0 fully saturated rings. The molecule has 0 atom stereocenters. The molecule has 8 nitrogen and oxygen atoms in total. The summed E-state index contributed by atoms with van der Waals surface area (Å²) in [4.78, 5) is 24.3. The highest BCUT2D eigenvalue weighted by Crippen LogP contribution is 2.33. The predicted molar refractivity (Wildman–Crippen MR) is 132 cm³/mol. The molecule has 2 amide bonds. The monoisotopic (exact) mass is 572 g/mol. The van der Waals surface area contributed by atoms with Crippen LogP contribution in [0.25, 0.3) is 0 Å². The molecule has 34 heavy (non-hydrogen) atoms. The Morgan fingerprint density at radius 3 is 2.62 bits per heavy atom. The number of nitrogens with zero attached hydrogens (tertiary/aromatic N) is 2.